The van der Waals surface area contributed by atoms with Gasteiger partial charge in [0, 0.05) is 33.1 Å². The Kier molecular flexibility index (Phi) is 4.87. The number of fused-ring (bicyclic) bond motifs is 1. The Balaban J connectivity index is 1.83. The summed E-state index contributed by atoms with van der Waals surface area (Å²) in [5, 5.41) is 0.440. The van der Waals surface area contributed by atoms with Crippen molar-refractivity contribution in [2.45, 2.75) is 20.4 Å². The third-order valence-electron chi connectivity index (χ3n) is 4.41. The zero-order valence-corrected chi connectivity index (χ0v) is 15.2. The first-order valence-corrected chi connectivity index (χ1v) is 8.81. The molecular formula is C16H20N4O4S. The highest BCUT2D eigenvalue weighted by molar-refractivity contribution is 7.20. The van der Waals surface area contributed by atoms with Crippen LogP contribution >= 0.6 is 11.3 Å². The Morgan fingerprint density at radius 2 is 1.96 bits per heavy atom. The highest BCUT2D eigenvalue weighted by atomic mass is 32.1. The monoisotopic (exact) mass is 364 g/mol. The van der Waals surface area contributed by atoms with E-state index in [0.717, 1.165) is 13.1 Å². The average molecular weight is 364 g/mol. The van der Waals surface area contributed by atoms with Crippen LogP contribution in [-0.2, 0) is 16.1 Å². The van der Waals surface area contributed by atoms with Crippen molar-refractivity contribution in [3.8, 4) is 0 Å². The SMILES string of the molecule is COC(=O)c1sc2nc(CN3CCN(C(C)=O)CC3)[nH]c(=O)c2c1C. The maximum Gasteiger partial charge on any atom is 0.348 e. The first-order chi connectivity index (χ1) is 11.9. The molecule has 0 radical (unpaired) electrons. The van der Waals surface area contributed by atoms with Gasteiger partial charge in [0.2, 0.25) is 5.91 Å². The molecule has 1 saturated heterocycles. The van der Waals surface area contributed by atoms with E-state index in [-0.39, 0.29) is 11.5 Å². The Morgan fingerprint density at radius 1 is 1.28 bits per heavy atom. The van der Waals surface area contributed by atoms with Gasteiger partial charge >= 0.3 is 5.97 Å². The Morgan fingerprint density at radius 3 is 2.56 bits per heavy atom. The van der Waals surface area contributed by atoms with Gasteiger partial charge in [0.15, 0.2) is 0 Å². The highest BCUT2D eigenvalue weighted by Crippen LogP contribution is 2.27. The first-order valence-electron chi connectivity index (χ1n) is 7.99. The molecule has 1 aliphatic rings. The van der Waals surface area contributed by atoms with E-state index in [1.807, 2.05) is 0 Å². The summed E-state index contributed by atoms with van der Waals surface area (Å²) in [6, 6.07) is 0. The van der Waals surface area contributed by atoms with Gasteiger partial charge in [-0.2, -0.15) is 0 Å². The molecule has 1 aliphatic heterocycles. The second-order valence-corrected chi connectivity index (χ2v) is 7.02. The number of aromatic nitrogens is 2. The molecule has 25 heavy (non-hydrogen) atoms. The van der Waals surface area contributed by atoms with Crippen LogP contribution in [0.3, 0.4) is 0 Å². The number of hydrogen-bond donors (Lipinski definition) is 1. The van der Waals surface area contributed by atoms with Crippen molar-refractivity contribution < 1.29 is 14.3 Å². The van der Waals surface area contributed by atoms with Gasteiger partial charge in [-0.05, 0) is 12.5 Å². The second-order valence-electron chi connectivity index (χ2n) is 6.02. The van der Waals surface area contributed by atoms with Crippen LogP contribution in [0.15, 0.2) is 4.79 Å². The van der Waals surface area contributed by atoms with Gasteiger partial charge in [0.25, 0.3) is 5.56 Å². The van der Waals surface area contributed by atoms with E-state index < -0.39 is 5.97 Å². The summed E-state index contributed by atoms with van der Waals surface area (Å²) in [4.78, 5) is 47.8. The number of piperazine rings is 1. The number of amides is 1. The minimum Gasteiger partial charge on any atom is -0.465 e. The molecule has 3 heterocycles. The number of methoxy groups -OCH3 is 1. The standard InChI is InChI=1S/C16H20N4O4S/c1-9-12-14(22)17-11(18-15(12)25-13(9)16(23)24-3)8-19-4-6-20(7-5-19)10(2)21/h4-8H2,1-3H3,(H,17,18,22). The summed E-state index contributed by atoms with van der Waals surface area (Å²) in [7, 11) is 1.32. The smallest absolute Gasteiger partial charge is 0.348 e. The van der Waals surface area contributed by atoms with E-state index >= 15 is 0 Å². The Labute approximate surface area is 148 Å². The predicted molar refractivity (Wildman–Crippen MR) is 93.8 cm³/mol. The quantitative estimate of drug-likeness (QED) is 0.807. The third kappa shape index (κ3) is 3.42. The van der Waals surface area contributed by atoms with Gasteiger partial charge in [-0.25, -0.2) is 9.78 Å². The number of nitrogens with one attached hydrogen (secondary N) is 1. The molecule has 2 aromatic rings. The van der Waals surface area contributed by atoms with Crippen molar-refractivity contribution in [1.29, 1.82) is 0 Å². The molecule has 3 rings (SSSR count). The number of ether oxygens (including phenoxy) is 1. The van der Waals surface area contributed by atoms with E-state index in [0.29, 0.717) is 46.1 Å². The number of H-pyrrole nitrogens is 1. The van der Waals surface area contributed by atoms with Crippen LogP contribution < -0.4 is 5.56 Å². The van der Waals surface area contributed by atoms with Crippen molar-refractivity contribution in [2.75, 3.05) is 33.3 Å². The summed E-state index contributed by atoms with van der Waals surface area (Å²) in [5.74, 6) is 0.185. The van der Waals surface area contributed by atoms with E-state index in [4.69, 9.17) is 4.74 Å². The lowest BCUT2D eigenvalue weighted by Gasteiger charge is -2.33. The molecule has 1 N–H and O–H groups in total. The number of esters is 1. The molecule has 0 aromatic carbocycles. The fraction of sp³-hybridized carbons (Fsp3) is 0.500. The maximum absolute atomic E-state index is 12.4. The average Bonchev–Trinajstić information content (AvgIpc) is 2.91. The molecule has 0 atom stereocenters. The number of aryl methyl sites for hydroxylation is 1. The van der Waals surface area contributed by atoms with Crippen LogP contribution in [0.25, 0.3) is 10.2 Å². The molecule has 0 saturated carbocycles. The van der Waals surface area contributed by atoms with Crippen LogP contribution in [-0.4, -0.2) is 64.9 Å². The molecule has 0 spiro atoms. The second kappa shape index (κ2) is 6.93. The predicted octanol–water partition coefficient (Wildman–Crippen LogP) is 0.744. The van der Waals surface area contributed by atoms with Crippen molar-refractivity contribution in [1.82, 2.24) is 19.8 Å². The number of thiophene rings is 1. The van der Waals surface area contributed by atoms with Crippen molar-refractivity contribution in [2.24, 2.45) is 0 Å². The summed E-state index contributed by atoms with van der Waals surface area (Å²) >= 11 is 1.17. The van der Waals surface area contributed by atoms with E-state index in [9.17, 15) is 14.4 Å². The number of carbonyl (C=O) groups excluding carboxylic acids is 2. The fourth-order valence-corrected chi connectivity index (χ4v) is 4.10. The highest BCUT2D eigenvalue weighted by Gasteiger charge is 2.22. The Hall–Kier alpha value is -2.26. The summed E-state index contributed by atoms with van der Waals surface area (Å²) in [6.45, 7) is 6.61. The first kappa shape index (κ1) is 17.6. The molecule has 9 heteroatoms. The van der Waals surface area contributed by atoms with E-state index in [1.54, 1.807) is 18.7 Å². The van der Waals surface area contributed by atoms with Crippen molar-refractivity contribution in [3.63, 3.8) is 0 Å². The number of aromatic amines is 1. The van der Waals surface area contributed by atoms with Crippen LogP contribution in [0.1, 0.15) is 28.0 Å². The number of nitrogens with zero attached hydrogens (tertiary/aromatic N) is 3. The zero-order chi connectivity index (χ0) is 18.1. The van der Waals surface area contributed by atoms with Crippen LogP contribution in [0.5, 0.6) is 0 Å². The lowest BCUT2D eigenvalue weighted by Crippen LogP contribution is -2.47. The van der Waals surface area contributed by atoms with Gasteiger partial charge in [-0.15, -0.1) is 11.3 Å². The zero-order valence-electron chi connectivity index (χ0n) is 14.4. The van der Waals surface area contributed by atoms with Gasteiger partial charge in [-0.1, -0.05) is 0 Å². The number of carbonyl (C=O) groups is 2. The van der Waals surface area contributed by atoms with Gasteiger partial charge in [-0.3, -0.25) is 14.5 Å². The van der Waals surface area contributed by atoms with Gasteiger partial charge in [0.05, 0.1) is 19.0 Å². The molecule has 0 bridgehead atoms. The van der Waals surface area contributed by atoms with Gasteiger partial charge in [0.1, 0.15) is 15.5 Å². The summed E-state index contributed by atoms with van der Waals surface area (Å²) in [5.41, 5.74) is 0.355. The van der Waals surface area contributed by atoms with Crippen LogP contribution in [0.4, 0.5) is 0 Å². The molecule has 1 fully saturated rings. The number of hydrogen-bond acceptors (Lipinski definition) is 7. The van der Waals surface area contributed by atoms with Crippen LogP contribution in [0, 0.1) is 6.92 Å². The maximum atomic E-state index is 12.4. The topological polar surface area (TPSA) is 95.6 Å². The lowest BCUT2D eigenvalue weighted by atomic mass is 10.2. The van der Waals surface area contributed by atoms with E-state index in [1.165, 1.54) is 18.4 Å². The van der Waals surface area contributed by atoms with Crippen molar-refractivity contribution in [3.05, 3.63) is 26.6 Å². The molecular weight excluding hydrogens is 344 g/mol. The normalized spacial score (nSPS) is 15.6. The lowest BCUT2D eigenvalue weighted by molar-refractivity contribution is -0.130. The van der Waals surface area contributed by atoms with Crippen molar-refractivity contribution >= 4 is 33.4 Å². The molecule has 0 unspecified atom stereocenters. The minimum atomic E-state index is -0.457. The summed E-state index contributed by atoms with van der Waals surface area (Å²) < 4.78 is 4.76. The van der Waals surface area contributed by atoms with E-state index in [2.05, 4.69) is 14.9 Å². The molecule has 2 aromatic heterocycles. The van der Waals surface area contributed by atoms with Crippen LogP contribution in [0.2, 0.25) is 0 Å². The minimum absolute atomic E-state index is 0.0806. The fourth-order valence-electron chi connectivity index (χ4n) is 2.98. The largest absolute Gasteiger partial charge is 0.465 e. The summed E-state index contributed by atoms with van der Waals surface area (Å²) in [6.07, 6.45) is 0. The number of rotatable bonds is 3. The third-order valence-corrected chi connectivity index (χ3v) is 5.58. The van der Waals surface area contributed by atoms with Gasteiger partial charge < -0.3 is 14.6 Å². The Bertz CT molecular complexity index is 880. The molecule has 134 valence electrons. The molecule has 8 nitrogen and oxygen atoms in total. The molecule has 1 amide bonds. The molecule has 0 aliphatic carbocycles.